The van der Waals surface area contributed by atoms with E-state index >= 15 is 0 Å². The summed E-state index contributed by atoms with van der Waals surface area (Å²) < 4.78 is 12.4. The molecule has 1 amide bonds. The molecular weight excluding hydrogens is 512 g/mol. The fraction of sp³-hybridized carbons (Fsp3) is 0.300. The lowest BCUT2D eigenvalue weighted by Gasteiger charge is -2.32. The van der Waals surface area contributed by atoms with Gasteiger partial charge in [0.25, 0.3) is 17.2 Å². The van der Waals surface area contributed by atoms with Gasteiger partial charge in [0.05, 0.1) is 34.2 Å². The average Bonchev–Trinajstić information content (AvgIpc) is 2.97. The minimum Gasteiger partial charge on any atom is -0.494 e. The second-order valence-electron chi connectivity index (χ2n) is 9.13. The van der Waals surface area contributed by atoms with E-state index in [1.54, 1.807) is 60.5 Å². The smallest absolute Gasteiger partial charge is 0.270 e. The van der Waals surface area contributed by atoms with Gasteiger partial charge in [-0.25, -0.2) is 4.98 Å². The van der Waals surface area contributed by atoms with Gasteiger partial charge in [-0.2, -0.15) is 0 Å². The van der Waals surface area contributed by atoms with Gasteiger partial charge in [-0.1, -0.05) is 25.1 Å². The molecule has 0 bridgehead atoms. The van der Waals surface area contributed by atoms with Crippen molar-refractivity contribution in [1.29, 1.82) is 0 Å². The Labute approximate surface area is 231 Å². The van der Waals surface area contributed by atoms with Gasteiger partial charge in [-0.3, -0.25) is 24.3 Å². The molecule has 0 N–H and O–H groups in total. The maximum Gasteiger partial charge on any atom is 0.270 e. The molecule has 0 saturated carbocycles. The number of non-ortho nitro benzene ring substituents is 1. The lowest BCUT2D eigenvalue weighted by atomic mass is 10.1. The van der Waals surface area contributed by atoms with Crippen LogP contribution in [0.15, 0.2) is 77.6 Å². The summed E-state index contributed by atoms with van der Waals surface area (Å²) in [5.74, 6) is 0.669. The van der Waals surface area contributed by atoms with E-state index in [0.717, 1.165) is 0 Å². The molecular formula is C30H32N4O6. The summed E-state index contributed by atoms with van der Waals surface area (Å²) in [5, 5.41) is 11.9. The second-order valence-corrected chi connectivity index (χ2v) is 9.13. The normalized spacial score (nSPS) is 11.8. The van der Waals surface area contributed by atoms with Gasteiger partial charge < -0.3 is 14.4 Å². The zero-order chi connectivity index (χ0) is 28.6. The highest BCUT2D eigenvalue weighted by molar-refractivity contribution is 5.95. The molecule has 4 aromatic rings. The second kappa shape index (κ2) is 13.0. The fourth-order valence-corrected chi connectivity index (χ4v) is 4.72. The molecule has 1 atom stereocenters. The number of methoxy groups -OCH3 is 1. The number of ether oxygens (including phenoxy) is 2. The van der Waals surface area contributed by atoms with Crippen LogP contribution in [0.25, 0.3) is 16.6 Å². The van der Waals surface area contributed by atoms with Crippen LogP contribution in [0.1, 0.15) is 48.9 Å². The number of nitrogens with zero attached hydrogens (tertiary/aromatic N) is 4. The first-order valence-corrected chi connectivity index (χ1v) is 13.2. The molecule has 3 aromatic carbocycles. The highest BCUT2D eigenvalue weighted by Crippen LogP contribution is 2.29. The number of amides is 1. The first-order chi connectivity index (χ1) is 19.4. The quantitative estimate of drug-likeness (QED) is 0.135. The molecule has 0 aliphatic heterocycles. The van der Waals surface area contributed by atoms with E-state index in [1.807, 2.05) is 19.9 Å². The Morgan fingerprint density at radius 3 is 2.50 bits per heavy atom. The predicted molar refractivity (Wildman–Crippen MR) is 152 cm³/mol. The number of nitro groups is 1. The van der Waals surface area contributed by atoms with Crippen LogP contribution in [0.2, 0.25) is 0 Å². The molecule has 4 rings (SSSR count). The predicted octanol–water partition coefficient (Wildman–Crippen LogP) is 5.32. The molecule has 0 aliphatic rings. The van der Waals surface area contributed by atoms with Gasteiger partial charge in [0, 0.05) is 38.0 Å². The van der Waals surface area contributed by atoms with Crippen LogP contribution in [0.3, 0.4) is 0 Å². The van der Waals surface area contributed by atoms with E-state index in [0.29, 0.717) is 60.8 Å². The van der Waals surface area contributed by atoms with Crippen LogP contribution in [0.4, 0.5) is 5.69 Å². The molecule has 10 heteroatoms. The van der Waals surface area contributed by atoms with Gasteiger partial charge in [-0.05, 0) is 62.2 Å². The molecule has 1 aromatic heterocycles. The van der Waals surface area contributed by atoms with Crippen molar-refractivity contribution >= 4 is 22.5 Å². The molecule has 1 unspecified atom stereocenters. The van der Waals surface area contributed by atoms with Gasteiger partial charge in [-0.15, -0.1) is 0 Å². The molecule has 0 saturated heterocycles. The van der Waals surface area contributed by atoms with E-state index < -0.39 is 16.9 Å². The number of hydrogen-bond acceptors (Lipinski definition) is 7. The van der Waals surface area contributed by atoms with Crippen LogP contribution in [-0.4, -0.2) is 52.1 Å². The first kappa shape index (κ1) is 28.4. The van der Waals surface area contributed by atoms with Crippen molar-refractivity contribution in [3.8, 4) is 11.4 Å². The Balaban J connectivity index is 1.90. The van der Waals surface area contributed by atoms with E-state index in [9.17, 15) is 19.7 Å². The number of nitro benzene ring substituents is 1. The Morgan fingerprint density at radius 2 is 1.82 bits per heavy atom. The van der Waals surface area contributed by atoms with Crippen molar-refractivity contribution in [3.63, 3.8) is 0 Å². The number of hydrogen-bond donors (Lipinski definition) is 0. The number of carbonyl (C=O) groups excluding carboxylic acids is 1. The molecule has 208 valence electrons. The Hall–Kier alpha value is -4.57. The summed E-state index contributed by atoms with van der Waals surface area (Å²) in [6.45, 7) is 5.02. The highest BCUT2D eigenvalue weighted by atomic mass is 16.6. The third-order valence-corrected chi connectivity index (χ3v) is 6.58. The number of benzene rings is 3. The van der Waals surface area contributed by atoms with Crippen molar-refractivity contribution in [1.82, 2.24) is 14.5 Å². The number of aromatic nitrogens is 2. The minimum atomic E-state index is -0.618. The van der Waals surface area contributed by atoms with Crippen molar-refractivity contribution in [2.75, 3.05) is 26.9 Å². The maximum atomic E-state index is 13.9. The highest BCUT2D eigenvalue weighted by Gasteiger charge is 2.30. The van der Waals surface area contributed by atoms with Crippen molar-refractivity contribution < 1.29 is 19.2 Å². The van der Waals surface area contributed by atoms with Crippen LogP contribution in [0, 0.1) is 10.1 Å². The standard InChI is InChI=1S/C30H32N4O6/c1-4-27(32(18-9-19-39-3)29(35)21-10-8-11-23(20-21)34(37)38)28-31-26-13-7-6-12-25(26)30(36)33(28)22-14-16-24(17-15-22)40-5-2/h6-8,10-17,20,27H,4-5,9,18-19H2,1-3H3. The Morgan fingerprint density at radius 1 is 1.07 bits per heavy atom. The molecule has 0 fully saturated rings. The van der Waals surface area contributed by atoms with Crippen molar-refractivity contribution in [2.24, 2.45) is 0 Å². The van der Waals surface area contributed by atoms with E-state index in [1.165, 1.54) is 22.8 Å². The zero-order valence-corrected chi connectivity index (χ0v) is 22.8. The molecule has 10 nitrogen and oxygen atoms in total. The molecule has 0 radical (unpaired) electrons. The maximum absolute atomic E-state index is 13.9. The summed E-state index contributed by atoms with van der Waals surface area (Å²) in [6, 6.07) is 19.3. The van der Waals surface area contributed by atoms with Crippen LogP contribution in [-0.2, 0) is 4.74 Å². The summed E-state index contributed by atoms with van der Waals surface area (Å²) in [4.78, 5) is 45.3. The lowest BCUT2D eigenvalue weighted by Crippen LogP contribution is -2.39. The third-order valence-electron chi connectivity index (χ3n) is 6.58. The summed E-state index contributed by atoms with van der Waals surface area (Å²) in [7, 11) is 1.58. The lowest BCUT2D eigenvalue weighted by molar-refractivity contribution is -0.384. The summed E-state index contributed by atoms with van der Waals surface area (Å²) >= 11 is 0. The Bertz CT molecular complexity index is 1550. The van der Waals surface area contributed by atoms with Crippen LogP contribution >= 0.6 is 0 Å². The fourth-order valence-electron chi connectivity index (χ4n) is 4.72. The molecule has 0 spiro atoms. The van der Waals surface area contributed by atoms with Crippen LogP contribution in [0.5, 0.6) is 5.75 Å². The number of rotatable bonds is 12. The average molecular weight is 545 g/mol. The number of carbonyl (C=O) groups is 1. The minimum absolute atomic E-state index is 0.175. The third kappa shape index (κ3) is 6.02. The van der Waals surface area contributed by atoms with Crippen molar-refractivity contribution in [3.05, 3.63) is 105 Å². The van der Waals surface area contributed by atoms with Gasteiger partial charge in [0.2, 0.25) is 0 Å². The van der Waals surface area contributed by atoms with Gasteiger partial charge in [0.1, 0.15) is 11.6 Å². The van der Waals surface area contributed by atoms with E-state index in [-0.39, 0.29) is 16.8 Å². The van der Waals surface area contributed by atoms with Gasteiger partial charge >= 0.3 is 0 Å². The largest absolute Gasteiger partial charge is 0.494 e. The van der Waals surface area contributed by atoms with E-state index in [4.69, 9.17) is 14.5 Å². The van der Waals surface area contributed by atoms with Crippen molar-refractivity contribution in [2.45, 2.75) is 32.7 Å². The number of para-hydroxylation sites is 1. The summed E-state index contributed by atoms with van der Waals surface area (Å²) in [5.41, 5.74) is 0.845. The molecule has 40 heavy (non-hydrogen) atoms. The molecule has 0 aliphatic carbocycles. The zero-order valence-electron chi connectivity index (χ0n) is 22.8. The SMILES string of the molecule is CCOc1ccc(-n2c(C(CC)N(CCCOC)C(=O)c3cccc([N+](=O)[O-])c3)nc3ccccc3c2=O)cc1. The number of fused-ring (bicyclic) bond motifs is 1. The Kier molecular flexibility index (Phi) is 9.23. The molecule has 1 heterocycles. The monoisotopic (exact) mass is 544 g/mol. The van der Waals surface area contributed by atoms with Crippen LogP contribution < -0.4 is 10.3 Å². The van der Waals surface area contributed by atoms with Gasteiger partial charge in [0.15, 0.2) is 0 Å². The first-order valence-electron chi connectivity index (χ1n) is 13.2. The topological polar surface area (TPSA) is 117 Å². The summed E-state index contributed by atoms with van der Waals surface area (Å²) in [6.07, 6.45) is 0.962. The van der Waals surface area contributed by atoms with E-state index in [2.05, 4.69) is 0 Å².